The second-order valence-corrected chi connectivity index (χ2v) is 6.51. The number of hydrogen-bond acceptors (Lipinski definition) is 3. The van der Waals surface area contributed by atoms with Crippen molar-refractivity contribution in [1.82, 2.24) is 0 Å². The lowest BCUT2D eigenvalue weighted by Crippen LogP contribution is -2.57. The first kappa shape index (κ1) is 15.5. The monoisotopic (exact) mass is 345 g/mol. The molecule has 0 heterocycles. The van der Waals surface area contributed by atoms with Gasteiger partial charge in [-0.2, -0.15) is 0 Å². The Morgan fingerprint density at radius 1 is 1.16 bits per heavy atom. The first-order valence-electron chi connectivity index (χ1n) is 5.41. The Bertz CT molecular complexity index is 510. The quantitative estimate of drug-likeness (QED) is 0.434. The Balaban J connectivity index is 2.80. The molecule has 0 aromatic carbocycles. The van der Waals surface area contributed by atoms with Crippen molar-refractivity contribution in [2.45, 2.75) is 22.5 Å². The van der Waals surface area contributed by atoms with E-state index in [4.69, 9.17) is 55.9 Å². The normalized spacial score (nSPS) is 43.3. The Morgan fingerprint density at radius 3 is 2.00 bits per heavy atom. The molecule has 0 aromatic heterocycles. The second-order valence-electron chi connectivity index (χ2n) is 4.56. The van der Waals surface area contributed by atoms with Crippen molar-refractivity contribution in [3.8, 4) is 6.07 Å². The zero-order valence-electron chi connectivity index (χ0n) is 10.3. The molecule has 2 unspecified atom stereocenters. The van der Waals surface area contributed by atoms with Gasteiger partial charge in [-0.3, -0.25) is 0 Å². The van der Waals surface area contributed by atoms with Crippen LogP contribution in [0.5, 0.6) is 0 Å². The van der Waals surface area contributed by atoms with E-state index in [0.717, 1.165) is 0 Å². The topological polar surface area (TPSA) is 45.9 Å². The van der Waals surface area contributed by atoms with E-state index >= 15 is 0 Å². The van der Waals surface area contributed by atoms with Gasteiger partial charge in [0, 0.05) is 25.1 Å². The van der Waals surface area contributed by atoms with Crippen LogP contribution >= 0.6 is 46.4 Å². The van der Waals surface area contributed by atoms with Gasteiger partial charge < -0.3 is 14.7 Å². The van der Waals surface area contributed by atoms with Crippen molar-refractivity contribution in [3.63, 3.8) is 0 Å². The van der Waals surface area contributed by atoms with Gasteiger partial charge in [-0.1, -0.05) is 30.1 Å². The molecule has 1 fully saturated rings. The molecule has 4 nitrogen and oxygen atoms in total. The van der Waals surface area contributed by atoms with E-state index < -0.39 is 27.4 Å². The molecule has 0 amide bonds. The average Bonchev–Trinajstić information content (AvgIpc) is 2.63. The van der Waals surface area contributed by atoms with E-state index in [0.29, 0.717) is 0 Å². The van der Waals surface area contributed by atoms with Crippen LogP contribution in [-0.2, 0) is 9.47 Å². The minimum absolute atomic E-state index is 0.0915. The molecule has 106 valence electrons. The maximum Gasteiger partial charge on any atom is 0.304 e. The zero-order chi connectivity index (χ0) is 14.6. The largest absolute Gasteiger partial charge is 0.498 e. The summed E-state index contributed by atoms with van der Waals surface area (Å²) >= 11 is 25.7. The predicted molar refractivity (Wildman–Crippen MR) is 75.9 cm³/mol. The highest BCUT2D eigenvalue weighted by Crippen LogP contribution is 2.73. The zero-order valence-corrected chi connectivity index (χ0v) is 13.4. The van der Waals surface area contributed by atoms with Gasteiger partial charge in [0.1, 0.15) is 10.8 Å². The van der Waals surface area contributed by atoms with E-state index in [1.807, 2.05) is 0 Å². The Hall–Kier alpha value is 0.110. The van der Waals surface area contributed by atoms with Crippen LogP contribution in [0.4, 0.5) is 0 Å². The van der Waals surface area contributed by atoms with Crippen molar-refractivity contribution >= 4 is 46.4 Å². The lowest BCUT2D eigenvalue weighted by molar-refractivity contribution is -0.219. The number of ether oxygens (including phenoxy) is 2. The lowest BCUT2D eigenvalue weighted by Gasteiger charge is -2.40. The fourth-order valence-electron chi connectivity index (χ4n) is 3.22. The molecule has 2 aliphatic rings. The van der Waals surface area contributed by atoms with Crippen LogP contribution in [0.2, 0.25) is 0 Å². The molecule has 0 spiro atoms. The average molecular weight is 347 g/mol. The molecule has 2 rings (SSSR count). The van der Waals surface area contributed by atoms with Gasteiger partial charge in [-0.05, 0) is 0 Å². The molecule has 0 saturated heterocycles. The third-order valence-corrected chi connectivity index (χ3v) is 6.83. The molecular formula is C11H11Cl4NO3. The molecule has 2 bridgehead atoms. The van der Waals surface area contributed by atoms with Crippen LogP contribution in [0.25, 0.3) is 5.01 Å². The molecule has 2 aliphatic carbocycles. The smallest absolute Gasteiger partial charge is 0.304 e. The van der Waals surface area contributed by atoms with E-state index in [-0.39, 0.29) is 10.1 Å². The molecule has 1 saturated carbocycles. The van der Waals surface area contributed by atoms with E-state index in [1.54, 1.807) is 6.92 Å². The minimum Gasteiger partial charge on any atom is -0.498 e. The molecule has 19 heavy (non-hydrogen) atoms. The number of alkyl halides is 2. The molecule has 8 heteroatoms. The van der Waals surface area contributed by atoms with Crippen LogP contribution in [0, 0.1) is 23.1 Å². The summed E-state index contributed by atoms with van der Waals surface area (Å²) in [7, 11) is 2.78. The summed E-state index contributed by atoms with van der Waals surface area (Å²) in [5.41, 5.74) is 0. The van der Waals surface area contributed by atoms with Gasteiger partial charge >= 0.3 is 6.07 Å². The summed E-state index contributed by atoms with van der Waals surface area (Å²) in [6.45, 7) is 1.76. The maximum absolute atomic E-state index is 10.6. The fourth-order valence-corrected chi connectivity index (χ4v) is 5.36. The number of hydrogen-bond donors (Lipinski definition) is 0. The molecule has 0 radical (unpaired) electrons. The summed E-state index contributed by atoms with van der Waals surface area (Å²) in [5.74, 6) is -2.59. The van der Waals surface area contributed by atoms with E-state index in [9.17, 15) is 5.21 Å². The van der Waals surface area contributed by atoms with E-state index in [1.165, 1.54) is 14.2 Å². The van der Waals surface area contributed by atoms with Gasteiger partial charge in [0.05, 0.1) is 10.1 Å². The maximum atomic E-state index is 10.6. The summed E-state index contributed by atoms with van der Waals surface area (Å²) < 4.78 is 10.9. The second kappa shape index (κ2) is 4.56. The molecule has 0 N–H and O–H groups in total. The Kier molecular flexibility index (Phi) is 3.72. The summed E-state index contributed by atoms with van der Waals surface area (Å²) in [6, 6.07) is 2.38. The summed E-state index contributed by atoms with van der Waals surface area (Å²) in [4.78, 5) is -2.75. The number of halogens is 4. The third-order valence-electron chi connectivity index (χ3n) is 4.11. The molecular weight excluding hydrogens is 336 g/mol. The number of rotatable bonds is 2. The van der Waals surface area contributed by atoms with Crippen molar-refractivity contribution in [2.24, 2.45) is 11.8 Å². The molecule has 0 aromatic rings. The number of nitrogens with zero attached hydrogens (tertiary/aromatic N) is 1. The Labute approximate surface area is 130 Å². The summed E-state index contributed by atoms with van der Waals surface area (Å²) in [6.07, 6.45) is 0. The van der Waals surface area contributed by atoms with Crippen LogP contribution in [0.15, 0.2) is 10.1 Å². The van der Waals surface area contributed by atoms with Gasteiger partial charge in [0.2, 0.25) is 5.79 Å². The first-order chi connectivity index (χ1) is 8.79. The van der Waals surface area contributed by atoms with Gasteiger partial charge in [-0.15, -0.1) is 23.2 Å². The highest BCUT2D eigenvalue weighted by atomic mass is 35.5. The fraction of sp³-hybridized carbons (Fsp3) is 0.727. The summed E-state index contributed by atoms with van der Waals surface area (Å²) in [5, 5.41) is 13.5. The SMILES string of the molecule is COC1(OC)C2(Cl)C(Cl)=C(Cl)C1(Cl)[C@@H](C#[N+][O-])[C@@H]2C. The van der Waals surface area contributed by atoms with Gasteiger partial charge in [0.25, 0.3) is 0 Å². The van der Waals surface area contributed by atoms with Gasteiger partial charge in [-0.25, -0.2) is 0 Å². The number of methoxy groups -OCH3 is 2. The van der Waals surface area contributed by atoms with Crippen LogP contribution < -0.4 is 0 Å². The van der Waals surface area contributed by atoms with Gasteiger partial charge in [0.15, 0.2) is 4.87 Å². The molecule has 4 atom stereocenters. The highest BCUT2D eigenvalue weighted by molar-refractivity contribution is 6.52. The first-order valence-corrected chi connectivity index (χ1v) is 6.93. The van der Waals surface area contributed by atoms with E-state index in [2.05, 4.69) is 11.1 Å². The standard InChI is InChI=1S/C11H11Cl4NO3/c1-5-6(4-16-17)10(15)8(13)7(12)9(5,14)11(10,18-2)19-3/h5-6H,1-3H3/t5-,6-,9?,10?/m0/s1. The minimum atomic E-state index is -1.50. The highest BCUT2D eigenvalue weighted by Gasteiger charge is 2.85. The number of fused-ring (bicyclic) bond motifs is 2. The van der Waals surface area contributed by atoms with Crippen LogP contribution in [0.1, 0.15) is 6.92 Å². The molecule has 0 aliphatic heterocycles. The van der Waals surface area contributed by atoms with Crippen molar-refractivity contribution in [3.05, 3.63) is 20.3 Å². The van der Waals surface area contributed by atoms with Crippen molar-refractivity contribution < 1.29 is 9.47 Å². The lowest BCUT2D eigenvalue weighted by atomic mass is 9.84. The van der Waals surface area contributed by atoms with Crippen molar-refractivity contribution in [2.75, 3.05) is 14.2 Å². The van der Waals surface area contributed by atoms with Crippen LogP contribution in [0.3, 0.4) is 0 Å². The van der Waals surface area contributed by atoms with Crippen molar-refractivity contribution in [1.29, 1.82) is 0 Å². The predicted octanol–water partition coefficient (Wildman–Crippen LogP) is 3.73. The van der Waals surface area contributed by atoms with Crippen LogP contribution in [-0.4, -0.2) is 29.8 Å². The Morgan fingerprint density at radius 2 is 1.63 bits per heavy atom. The third kappa shape index (κ3) is 1.35.